The molecule has 2 atom stereocenters. The van der Waals surface area contributed by atoms with Crippen LogP contribution in [0, 0.1) is 6.92 Å². The van der Waals surface area contributed by atoms with Gasteiger partial charge in [-0.15, -0.1) is 0 Å². The van der Waals surface area contributed by atoms with Gasteiger partial charge in [-0.3, -0.25) is 4.79 Å². The molecule has 0 saturated carbocycles. The summed E-state index contributed by atoms with van der Waals surface area (Å²) in [4.78, 5) is 12.2. The van der Waals surface area contributed by atoms with Crippen molar-refractivity contribution in [2.24, 2.45) is 0 Å². The monoisotopic (exact) mass is 312 g/mol. The summed E-state index contributed by atoms with van der Waals surface area (Å²) >= 11 is 0. The largest absolute Gasteiger partial charge is 0.469 e. The molecule has 2 rings (SSSR count). The number of aryl methyl sites for hydroxylation is 1. The van der Waals surface area contributed by atoms with Crippen LogP contribution in [0.4, 0.5) is 0 Å². The lowest BCUT2D eigenvalue weighted by Crippen LogP contribution is -2.17. The number of aliphatic hydroxyl groups excluding tert-OH is 1. The second-order valence-electron chi connectivity index (χ2n) is 5.80. The molecule has 3 heteroatoms. The highest BCUT2D eigenvalue weighted by atomic mass is 16.5. The number of carbonyl (C=O) groups is 1. The lowest BCUT2D eigenvalue weighted by molar-refractivity contribution is -0.142. The van der Waals surface area contributed by atoms with Crippen LogP contribution in [-0.2, 0) is 9.53 Å². The van der Waals surface area contributed by atoms with Crippen molar-refractivity contribution in [2.45, 2.75) is 31.6 Å². The molecule has 0 aromatic heterocycles. The molecule has 0 bridgehead atoms. The lowest BCUT2D eigenvalue weighted by atomic mass is 9.86. The van der Waals surface area contributed by atoms with E-state index in [1.165, 1.54) is 7.11 Å². The third kappa shape index (κ3) is 4.42. The van der Waals surface area contributed by atoms with Gasteiger partial charge in [0.1, 0.15) is 0 Å². The van der Waals surface area contributed by atoms with Gasteiger partial charge in [-0.1, -0.05) is 54.6 Å². The average Bonchev–Trinajstić information content (AvgIpc) is 2.60. The van der Waals surface area contributed by atoms with Crippen molar-refractivity contribution in [1.82, 2.24) is 0 Å². The fraction of sp³-hybridized carbons (Fsp3) is 0.350. The minimum Gasteiger partial charge on any atom is -0.469 e. The molecule has 0 aliphatic rings. The van der Waals surface area contributed by atoms with Crippen molar-refractivity contribution in [1.29, 1.82) is 0 Å². The van der Waals surface area contributed by atoms with Crippen molar-refractivity contribution in [3.05, 3.63) is 71.3 Å². The molecule has 0 fully saturated rings. The Balaban J connectivity index is 2.15. The van der Waals surface area contributed by atoms with E-state index >= 15 is 0 Å². The van der Waals surface area contributed by atoms with Gasteiger partial charge >= 0.3 is 5.97 Å². The summed E-state index contributed by atoms with van der Waals surface area (Å²) in [5.74, 6) is -0.476. The molecule has 1 N–H and O–H groups in total. The van der Waals surface area contributed by atoms with Gasteiger partial charge in [0.05, 0.1) is 13.0 Å². The fourth-order valence-corrected chi connectivity index (χ4v) is 2.98. The van der Waals surface area contributed by atoms with Gasteiger partial charge in [-0.25, -0.2) is 0 Å². The van der Waals surface area contributed by atoms with Crippen molar-refractivity contribution in [3.8, 4) is 0 Å². The van der Waals surface area contributed by atoms with E-state index in [1.807, 2.05) is 61.5 Å². The van der Waals surface area contributed by atoms with Crippen LogP contribution in [0.2, 0.25) is 0 Å². The maximum atomic E-state index is 12.2. The molecule has 2 unspecified atom stereocenters. The maximum absolute atomic E-state index is 12.2. The molecule has 0 aliphatic heterocycles. The molecule has 2 aromatic carbocycles. The summed E-state index contributed by atoms with van der Waals surface area (Å²) in [6, 6.07) is 17.8. The summed E-state index contributed by atoms with van der Waals surface area (Å²) in [7, 11) is 1.42. The Morgan fingerprint density at radius 1 is 1.04 bits per heavy atom. The van der Waals surface area contributed by atoms with Crippen LogP contribution in [0.25, 0.3) is 0 Å². The molecule has 0 aliphatic carbocycles. The van der Waals surface area contributed by atoms with Gasteiger partial charge in [-0.05, 0) is 36.5 Å². The van der Waals surface area contributed by atoms with Gasteiger partial charge in [0.15, 0.2) is 0 Å². The molecule has 0 saturated heterocycles. The number of benzene rings is 2. The first kappa shape index (κ1) is 17.2. The molecule has 0 amide bonds. The maximum Gasteiger partial charge on any atom is 0.313 e. The van der Waals surface area contributed by atoms with Gasteiger partial charge in [-0.2, -0.15) is 0 Å². The van der Waals surface area contributed by atoms with Crippen molar-refractivity contribution in [3.63, 3.8) is 0 Å². The van der Waals surface area contributed by atoms with Crippen LogP contribution in [0.15, 0.2) is 54.6 Å². The zero-order chi connectivity index (χ0) is 16.7. The van der Waals surface area contributed by atoms with E-state index in [0.29, 0.717) is 6.42 Å². The van der Waals surface area contributed by atoms with E-state index in [-0.39, 0.29) is 24.4 Å². The number of hydrogen-bond acceptors (Lipinski definition) is 3. The first-order valence-electron chi connectivity index (χ1n) is 7.96. The quantitative estimate of drug-likeness (QED) is 0.791. The predicted molar refractivity (Wildman–Crippen MR) is 91.4 cm³/mol. The Morgan fingerprint density at radius 3 is 2.30 bits per heavy atom. The third-order valence-electron chi connectivity index (χ3n) is 4.34. The van der Waals surface area contributed by atoms with Gasteiger partial charge in [0, 0.05) is 12.5 Å². The Bertz CT molecular complexity index is 622. The van der Waals surface area contributed by atoms with Crippen molar-refractivity contribution >= 4 is 5.97 Å². The average molecular weight is 312 g/mol. The highest BCUT2D eigenvalue weighted by Crippen LogP contribution is 2.30. The SMILES string of the molecule is COC(=O)C(CCC(CO)c1ccccc1)c1ccccc1C. The lowest BCUT2D eigenvalue weighted by Gasteiger charge is -2.20. The van der Waals surface area contributed by atoms with E-state index in [0.717, 1.165) is 23.1 Å². The highest BCUT2D eigenvalue weighted by molar-refractivity contribution is 5.78. The molecule has 122 valence electrons. The summed E-state index contributed by atoms with van der Waals surface area (Å²) in [5.41, 5.74) is 3.19. The summed E-state index contributed by atoms with van der Waals surface area (Å²) in [6.45, 7) is 2.08. The van der Waals surface area contributed by atoms with Gasteiger partial charge < -0.3 is 9.84 Å². The first-order valence-corrected chi connectivity index (χ1v) is 7.96. The molecule has 0 radical (unpaired) electrons. The summed E-state index contributed by atoms with van der Waals surface area (Å²) < 4.78 is 4.99. The standard InChI is InChI=1S/C20H24O3/c1-15-8-6-7-11-18(15)19(20(22)23-2)13-12-17(14-21)16-9-4-3-5-10-16/h3-11,17,19,21H,12-14H2,1-2H3. The molecular weight excluding hydrogens is 288 g/mol. The number of rotatable bonds is 7. The van der Waals surface area contributed by atoms with Gasteiger partial charge in [0.2, 0.25) is 0 Å². The van der Waals surface area contributed by atoms with E-state index in [1.54, 1.807) is 0 Å². The minimum absolute atomic E-state index is 0.0346. The summed E-state index contributed by atoms with van der Waals surface area (Å²) in [5, 5.41) is 9.70. The number of hydrogen-bond donors (Lipinski definition) is 1. The molecular formula is C20H24O3. The van der Waals surface area contributed by atoms with E-state index in [2.05, 4.69) is 0 Å². The fourth-order valence-electron chi connectivity index (χ4n) is 2.98. The molecule has 0 heterocycles. The molecule has 2 aromatic rings. The smallest absolute Gasteiger partial charge is 0.313 e. The van der Waals surface area contributed by atoms with Crippen LogP contribution in [-0.4, -0.2) is 24.8 Å². The van der Waals surface area contributed by atoms with E-state index in [9.17, 15) is 9.90 Å². The predicted octanol–water partition coefficient (Wildman–Crippen LogP) is 3.81. The number of carbonyl (C=O) groups excluding carboxylic acids is 1. The number of methoxy groups -OCH3 is 1. The number of ether oxygens (including phenoxy) is 1. The van der Waals surface area contributed by atoms with Gasteiger partial charge in [0.25, 0.3) is 0 Å². The molecule has 3 nitrogen and oxygen atoms in total. The zero-order valence-electron chi connectivity index (χ0n) is 13.7. The minimum atomic E-state index is -0.293. The normalized spacial score (nSPS) is 13.3. The third-order valence-corrected chi connectivity index (χ3v) is 4.34. The summed E-state index contributed by atoms with van der Waals surface area (Å²) in [6.07, 6.45) is 1.38. The Morgan fingerprint density at radius 2 is 1.70 bits per heavy atom. The number of esters is 1. The van der Waals surface area contributed by atoms with Crippen LogP contribution in [0.1, 0.15) is 41.4 Å². The topological polar surface area (TPSA) is 46.5 Å². The second-order valence-corrected chi connectivity index (χ2v) is 5.80. The molecule has 0 spiro atoms. The van der Waals surface area contributed by atoms with Crippen LogP contribution >= 0.6 is 0 Å². The first-order chi connectivity index (χ1) is 11.2. The Labute approximate surface area is 137 Å². The van der Waals surface area contributed by atoms with E-state index in [4.69, 9.17) is 4.74 Å². The Kier molecular flexibility index (Phi) is 6.36. The van der Waals surface area contributed by atoms with Crippen molar-refractivity contribution < 1.29 is 14.6 Å². The van der Waals surface area contributed by atoms with Crippen LogP contribution in [0.3, 0.4) is 0 Å². The highest BCUT2D eigenvalue weighted by Gasteiger charge is 2.24. The zero-order valence-corrected chi connectivity index (χ0v) is 13.7. The van der Waals surface area contributed by atoms with Crippen LogP contribution in [0.5, 0.6) is 0 Å². The van der Waals surface area contributed by atoms with Crippen LogP contribution < -0.4 is 0 Å². The van der Waals surface area contributed by atoms with E-state index < -0.39 is 0 Å². The molecule has 23 heavy (non-hydrogen) atoms. The Hall–Kier alpha value is -2.13. The van der Waals surface area contributed by atoms with Crippen molar-refractivity contribution in [2.75, 3.05) is 13.7 Å². The second kappa shape index (κ2) is 8.49. The number of aliphatic hydroxyl groups is 1.